The second-order valence-corrected chi connectivity index (χ2v) is 4.48. The van der Waals surface area contributed by atoms with E-state index in [1.165, 1.54) is 38.2 Å². The summed E-state index contributed by atoms with van der Waals surface area (Å²) < 4.78 is 0. The van der Waals surface area contributed by atoms with Crippen LogP contribution in [0.25, 0.3) is 0 Å². The molecular weight excluding hydrogens is 186 g/mol. The van der Waals surface area contributed by atoms with Gasteiger partial charge in [0.05, 0.1) is 0 Å². The van der Waals surface area contributed by atoms with Gasteiger partial charge in [-0.05, 0) is 30.8 Å². The zero-order chi connectivity index (χ0) is 11.1. The topological polar surface area (TPSA) is 29.1 Å². The molecule has 0 aromatic heterocycles. The highest BCUT2D eigenvalue weighted by molar-refractivity contribution is 5.86. The lowest BCUT2D eigenvalue weighted by Crippen LogP contribution is -2.38. The smallest absolute Gasteiger partial charge is 0.243 e. The van der Waals surface area contributed by atoms with E-state index in [1.54, 1.807) is 0 Å². The Balaban J connectivity index is 2.51. The molecule has 0 bridgehead atoms. The van der Waals surface area contributed by atoms with Crippen molar-refractivity contribution in [2.75, 3.05) is 6.54 Å². The van der Waals surface area contributed by atoms with Gasteiger partial charge in [0, 0.05) is 6.54 Å². The van der Waals surface area contributed by atoms with Gasteiger partial charge in [0.25, 0.3) is 0 Å². The van der Waals surface area contributed by atoms with Gasteiger partial charge in [-0.25, -0.2) is 0 Å². The number of hydrogen-bond donors (Lipinski definition) is 1. The zero-order valence-electron chi connectivity index (χ0n) is 9.43. The minimum atomic E-state index is -0.0657. The van der Waals surface area contributed by atoms with Crippen LogP contribution < -0.4 is 5.32 Å². The normalized spacial score (nSPS) is 19.2. The molecule has 1 N–H and O–H groups in total. The average Bonchev–Trinajstić information content (AvgIpc) is 2.28. The van der Waals surface area contributed by atoms with Crippen LogP contribution in [-0.2, 0) is 4.79 Å². The third-order valence-electron chi connectivity index (χ3n) is 3.31. The Morgan fingerprint density at radius 2 is 1.93 bits per heavy atom. The Labute approximate surface area is 92.4 Å². The van der Waals surface area contributed by atoms with Crippen molar-refractivity contribution in [2.45, 2.75) is 38.5 Å². The van der Waals surface area contributed by atoms with Crippen molar-refractivity contribution >= 4 is 5.91 Å². The number of carbonyl (C=O) groups excluding carboxylic acids is 1. The molecule has 0 aromatic rings. The van der Waals surface area contributed by atoms with Crippen LogP contribution >= 0.6 is 0 Å². The van der Waals surface area contributed by atoms with E-state index in [0.29, 0.717) is 0 Å². The van der Waals surface area contributed by atoms with Crippen LogP contribution in [0.5, 0.6) is 0 Å². The third-order valence-corrected chi connectivity index (χ3v) is 3.31. The van der Waals surface area contributed by atoms with E-state index in [0.717, 1.165) is 13.0 Å². The van der Waals surface area contributed by atoms with E-state index in [9.17, 15) is 4.79 Å². The van der Waals surface area contributed by atoms with Gasteiger partial charge in [-0.3, -0.25) is 4.79 Å². The van der Waals surface area contributed by atoms with Crippen LogP contribution in [0.1, 0.15) is 38.5 Å². The van der Waals surface area contributed by atoms with Crippen molar-refractivity contribution in [3.8, 4) is 0 Å². The molecule has 1 aliphatic carbocycles. The summed E-state index contributed by atoms with van der Waals surface area (Å²) in [6, 6.07) is 0. The molecule has 0 aromatic carbocycles. The van der Waals surface area contributed by atoms with Gasteiger partial charge >= 0.3 is 0 Å². The second kappa shape index (κ2) is 5.74. The molecule has 84 valence electrons. The summed E-state index contributed by atoms with van der Waals surface area (Å²) >= 11 is 0. The Hall–Kier alpha value is -1.05. The standard InChI is InChI=1S/C13H21NO/c1-3-8-13(9-6-5-7-10-13)11-14-12(15)4-2/h3-4H,1-2,5-11H2,(H,14,15). The first-order chi connectivity index (χ1) is 7.22. The number of nitrogens with one attached hydrogen (secondary N) is 1. The Morgan fingerprint density at radius 1 is 1.27 bits per heavy atom. The van der Waals surface area contributed by atoms with Crippen LogP contribution in [0.4, 0.5) is 0 Å². The molecule has 15 heavy (non-hydrogen) atoms. The monoisotopic (exact) mass is 207 g/mol. The molecule has 1 aliphatic rings. The summed E-state index contributed by atoms with van der Waals surface area (Å²) in [7, 11) is 0. The third kappa shape index (κ3) is 3.54. The largest absolute Gasteiger partial charge is 0.352 e. The lowest BCUT2D eigenvalue weighted by molar-refractivity contribution is -0.117. The first-order valence-corrected chi connectivity index (χ1v) is 5.74. The lowest BCUT2D eigenvalue weighted by Gasteiger charge is -2.36. The van der Waals surface area contributed by atoms with E-state index < -0.39 is 0 Å². The Kier molecular flexibility index (Phi) is 4.60. The highest BCUT2D eigenvalue weighted by Crippen LogP contribution is 2.38. The highest BCUT2D eigenvalue weighted by atomic mass is 16.1. The van der Waals surface area contributed by atoms with Crippen molar-refractivity contribution < 1.29 is 4.79 Å². The van der Waals surface area contributed by atoms with Crippen molar-refractivity contribution in [1.29, 1.82) is 0 Å². The van der Waals surface area contributed by atoms with Gasteiger partial charge in [-0.1, -0.05) is 31.9 Å². The number of hydrogen-bond acceptors (Lipinski definition) is 1. The fraction of sp³-hybridized carbons (Fsp3) is 0.615. The van der Waals surface area contributed by atoms with Gasteiger partial charge in [-0.2, -0.15) is 0 Å². The zero-order valence-corrected chi connectivity index (χ0v) is 9.43. The van der Waals surface area contributed by atoms with Crippen molar-refractivity contribution in [2.24, 2.45) is 5.41 Å². The van der Waals surface area contributed by atoms with E-state index in [2.05, 4.69) is 18.5 Å². The number of allylic oxidation sites excluding steroid dienone is 1. The highest BCUT2D eigenvalue weighted by Gasteiger charge is 2.30. The fourth-order valence-electron chi connectivity index (χ4n) is 2.41. The minimum absolute atomic E-state index is 0.0657. The predicted octanol–water partition coefficient (Wildman–Crippen LogP) is 2.82. The second-order valence-electron chi connectivity index (χ2n) is 4.48. The van der Waals surface area contributed by atoms with Gasteiger partial charge in [0.1, 0.15) is 0 Å². The number of amides is 1. The van der Waals surface area contributed by atoms with Gasteiger partial charge in [-0.15, -0.1) is 6.58 Å². The molecule has 2 nitrogen and oxygen atoms in total. The molecule has 0 aliphatic heterocycles. The SMILES string of the molecule is C=CCC1(CNC(=O)C=C)CCCCC1. The first-order valence-electron chi connectivity index (χ1n) is 5.74. The molecule has 0 spiro atoms. The molecule has 2 heteroatoms. The summed E-state index contributed by atoms with van der Waals surface area (Å²) in [5.74, 6) is -0.0657. The molecule has 1 amide bonds. The van der Waals surface area contributed by atoms with E-state index >= 15 is 0 Å². The number of carbonyl (C=O) groups is 1. The van der Waals surface area contributed by atoms with Crippen LogP contribution in [-0.4, -0.2) is 12.5 Å². The maximum Gasteiger partial charge on any atom is 0.243 e. The van der Waals surface area contributed by atoms with Crippen molar-refractivity contribution in [3.63, 3.8) is 0 Å². The van der Waals surface area contributed by atoms with Crippen LogP contribution in [0.3, 0.4) is 0 Å². The van der Waals surface area contributed by atoms with E-state index in [-0.39, 0.29) is 11.3 Å². The minimum Gasteiger partial charge on any atom is -0.352 e. The summed E-state index contributed by atoms with van der Waals surface area (Å²) in [5, 5.41) is 2.92. The molecule has 0 saturated heterocycles. The molecular formula is C13H21NO. The van der Waals surface area contributed by atoms with E-state index in [4.69, 9.17) is 0 Å². The van der Waals surface area contributed by atoms with Crippen molar-refractivity contribution in [1.82, 2.24) is 5.32 Å². The average molecular weight is 207 g/mol. The fourth-order valence-corrected chi connectivity index (χ4v) is 2.41. The van der Waals surface area contributed by atoms with E-state index in [1.807, 2.05) is 6.08 Å². The summed E-state index contributed by atoms with van der Waals surface area (Å²) in [4.78, 5) is 11.1. The maximum atomic E-state index is 11.1. The lowest BCUT2D eigenvalue weighted by atomic mass is 9.72. The summed E-state index contributed by atoms with van der Waals surface area (Å²) in [5.41, 5.74) is 0.263. The predicted molar refractivity (Wildman–Crippen MR) is 63.5 cm³/mol. The van der Waals surface area contributed by atoms with Gasteiger partial charge in [0.15, 0.2) is 0 Å². The molecule has 1 rings (SSSR count). The van der Waals surface area contributed by atoms with Gasteiger partial charge in [0.2, 0.25) is 5.91 Å². The summed E-state index contributed by atoms with van der Waals surface area (Å²) in [6.45, 7) is 8.04. The van der Waals surface area contributed by atoms with Crippen LogP contribution in [0.2, 0.25) is 0 Å². The molecule has 1 saturated carbocycles. The summed E-state index contributed by atoms with van der Waals surface area (Å²) in [6.07, 6.45) is 10.6. The quantitative estimate of drug-likeness (QED) is 0.545. The first kappa shape index (κ1) is 12.0. The van der Waals surface area contributed by atoms with Crippen molar-refractivity contribution in [3.05, 3.63) is 25.3 Å². The van der Waals surface area contributed by atoms with Crippen LogP contribution in [0.15, 0.2) is 25.3 Å². The Bertz CT molecular complexity index is 239. The molecule has 0 heterocycles. The molecule has 0 unspecified atom stereocenters. The van der Waals surface area contributed by atoms with Gasteiger partial charge < -0.3 is 5.32 Å². The molecule has 0 atom stereocenters. The molecule has 0 radical (unpaired) electrons. The molecule has 1 fully saturated rings. The Morgan fingerprint density at radius 3 is 2.47 bits per heavy atom. The van der Waals surface area contributed by atoms with Crippen LogP contribution in [0, 0.1) is 5.41 Å². The number of rotatable bonds is 5. The maximum absolute atomic E-state index is 11.1.